The Hall–Kier alpha value is -0.710. The number of benzene rings is 1. The summed E-state index contributed by atoms with van der Waals surface area (Å²) in [4.78, 5) is 6.29. The van der Waals surface area contributed by atoms with Crippen molar-refractivity contribution in [3.8, 4) is 0 Å². The first-order chi connectivity index (χ1) is 9.71. The molecule has 1 aliphatic rings. The fraction of sp³-hybridized carbons (Fsp3) is 0.625. The van der Waals surface area contributed by atoms with E-state index in [1.807, 2.05) is 0 Å². The van der Waals surface area contributed by atoms with Crippen molar-refractivity contribution in [1.29, 1.82) is 0 Å². The van der Waals surface area contributed by atoms with E-state index in [9.17, 15) is 0 Å². The highest BCUT2D eigenvalue weighted by molar-refractivity contribution is 7.98. The molecule has 2 N–H and O–H groups in total. The van der Waals surface area contributed by atoms with Crippen molar-refractivity contribution in [2.24, 2.45) is 5.73 Å². The van der Waals surface area contributed by atoms with E-state index in [2.05, 4.69) is 48.2 Å². The molecule has 1 aromatic rings. The van der Waals surface area contributed by atoms with E-state index in [0.717, 1.165) is 13.1 Å². The van der Waals surface area contributed by atoms with Crippen LogP contribution >= 0.6 is 11.8 Å². The Labute approximate surface area is 127 Å². The van der Waals surface area contributed by atoms with Gasteiger partial charge >= 0.3 is 0 Å². The standard InChI is InChI=1S/C16H27N3S/c1-4-19-10-6-7-13(19)12-18(2)15-8-5-9-16(20-3)14(15)11-17/h5,8-9,13H,4,6-7,10-12,17H2,1-3H3. The second-order valence-corrected chi connectivity index (χ2v) is 6.32. The number of nitrogens with two attached hydrogens (primary N) is 1. The monoisotopic (exact) mass is 293 g/mol. The molecule has 4 heteroatoms. The summed E-state index contributed by atoms with van der Waals surface area (Å²) >= 11 is 1.78. The lowest BCUT2D eigenvalue weighted by Gasteiger charge is -2.30. The normalized spacial score (nSPS) is 19.5. The average Bonchev–Trinajstić information content (AvgIpc) is 2.93. The van der Waals surface area contributed by atoms with Crippen LogP contribution in [0.4, 0.5) is 5.69 Å². The summed E-state index contributed by atoms with van der Waals surface area (Å²) in [5.74, 6) is 0. The van der Waals surface area contributed by atoms with Gasteiger partial charge in [0.25, 0.3) is 0 Å². The van der Waals surface area contributed by atoms with Gasteiger partial charge in [0.2, 0.25) is 0 Å². The van der Waals surface area contributed by atoms with Gasteiger partial charge in [-0.05, 0) is 44.3 Å². The average molecular weight is 293 g/mol. The third-order valence-corrected chi connectivity index (χ3v) is 5.16. The van der Waals surface area contributed by atoms with Crippen molar-refractivity contribution >= 4 is 17.4 Å². The maximum Gasteiger partial charge on any atom is 0.0421 e. The highest BCUT2D eigenvalue weighted by Gasteiger charge is 2.24. The van der Waals surface area contributed by atoms with Gasteiger partial charge in [-0.15, -0.1) is 11.8 Å². The molecule has 0 aromatic heterocycles. The molecule has 1 fully saturated rings. The molecule has 0 spiro atoms. The molecule has 2 rings (SSSR count). The van der Waals surface area contributed by atoms with Gasteiger partial charge in [-0.2, -0.15) is 0 Å². The number of hydrogen-bond acceptors (Lipinski definition) is 4. The van der Waals surface area contributed by atoms with E-state index in [4.69, 9.17) is 5.73 Å². The number of rotatable bonds is 6. The van der Waals surface area contributed by atoms with Crippen molar-refractivity contribution < 1.29 is 0 Å². The number of hydrogen-bond donors (Lipinski definition) is 1. The Morgan fingerprint density at radius 1 is 1.45 bits per heavy atom. The zero-order chi connectivity index (χ0) is 14.5. The summed E-state index contributed by atoms with van der Waals surface area (Å²) in [5, 5.41) is 0. The second kappa shape index (κ2) is 7.34. The molecule has 1 atom stereocenters. The van der Waals surface area contributed by atoms with Gasteiger partial charge in [0.05, 0.1) is 0 Å². The Kier molecular flexibility index (Phi) is 5.75. The summed E-state index contributed by atoms with van der Waals surface area (Å²) in [6.45, 7) is 6.38. The van der Waals surface area contributed by atoms with E-state index < -0.39 is 0 Å². The smallest absolute Gasteiger partial charge is 0.0421 e. The fourth-order valence-corrected chi connectivity index (χ4v) is 3.89. The highest BCUT2D eigenvalue weighted by Crippen LogP contribution is 2.30. The lowest BCUT2D eigenvalue weighted by atomic mass is 10.1. The van der Waals surface area contributed by atoms with Gasteiger partial charge in [0, 0.05) is 42.3 Å². The maximum absolute atomic E-state index is 5.98. The SMILES string of the molecule is CCN1CCCC1CN(C)c1cccc(SC)c1CN. The molecule has 20 heavy (non-hydrogen) atoms. The largest absolute Gasteiger partial charge is 0.373 e. The quantitative estimate of drug-likeness (QED) is 0.818. The summed E-state index contributed by atoms with van der Waals surface area (Å²) in [5.41, 5.74) is 8.55. The minimum atomic E-state index is 0.610. The first-order valence-corrected chi connectivity index (χ1v) is 8.74. The Morgan fingerprint density at radius 2 is 2.25 bits per heavy atom. The van der Waals surface area contributed by atoms with Crippen molar-refractivity contribution in [1.82, 2.24) is 4.90 Å². The maximum atomic E-state index is 5.98. The summed E-state index contributed by atoms with van der Waals surface area (Å²) in [6, 6.07) is 7.20. The molecule has 1 heterocycles. The van der Waals surface area contributed by atoms with Crippen LogP contribution in [-0.4, -0.2) is 43.9 Å². The molecule has 0 radical (unpaired) electrons. The minimum Gasteiger partial charge on any atom is -0.373 e. The predicted octanol–water partition coefficient (Wildman–Crippen LogP) is 2.79. The third kappa shape index (κ3) is 3.30. The molecule has 0 aliphatic carbocycles. The highest BCUT2D eigenvalue weighted by atomic mass is 32.2. The summed E-state index contributed by atoms with van der Waals surface area (Å²) in [7, 11) is 2.20. The number of nitrogens with zero attached hydrogens (tertiary/aromatic N) is 2. The molecular formula is C16H27N3S. The predicted molar refractivity (Wildman–Crippen MR) is 89.7 cm³/mol. The topological polar surface area (TPSA) is 32.5 Å². The van der Waals surface area contributed by atoms with Crippen molar-refractivity contribution in [2.45, 2.75) is 37.2 Å². The van der Waals surface area contributed by atoms with E-state index in [0.29, 0.717) is 12.6 Å². The molecule has 1 unspecified atom stereocenters. The van der Waals surface area contributed by atoms with Crippen LogP contribution in [-0.2, 0) is 6.54 Å². The van der Waals surface area contributed by atoms with Crippen molar-refractivity contribution in [3.63, 3.8) is 0 Å². The summed E-state index contributed by atoms with van der Waals surface area (Å²) in [6.07, 6.45) is 4.77. The molecular weight excluding hydrogens is 266 g/mol. The van der Waals surface area contributed by atoms with Crippen molar-refractivity contribution in [3.05, 3.63) is 23.8 Å². The van der Waals surface area contributed by atoms with Crippen LogP contribution in [0.5, 0.6) is 0 Å². The van der Waals surface area contributed by atoms with Crippen LogP contribution in [0.1, 0.15) is 25.3 Å². The van der Waals surface area contributed by atoms with Crippen LogP contribution in [0.2, 0.25) is 0 Å². The number of likely N-dealkylation sites (tertiary alicyclic amines) is 1. The molecule has 0 amide bonds. The molecule has 1 aromatic carbocycles. The summed E-state index contributed by atoms with van der Waals surface area (Å²) < 4.78 is 0. The van der Waals surface area contributed by atoms with E-state index >= 15 is 0 Å². The van der Waals surface area contributed by atoms with E-state index in [-0.39, 0.29) is 0 Å². The van der Waals surface area contributed by atoms with Gasteiger partial charge in [-0.1, -0.05) is 13.0 Å². The lowest BCUT2D eigenvalue weighted by molar-refractivity contribution is 0.270. The zero-order valence-corrected chi connectivity index (χ0v) is 13.7. The van der Waals surface area contributed by atoms with Crippen LogP contribution in [0.15, 0.2) is 23.1 Å². The molecule has 1 saturated heterocycles. The van der Waals surface area contributed by atoms with Crippen LogP contribution in [0.25, 0.3) is 0 Å². The van der Waals surface area contributed by atoms with Gasteiger partial charge in [-0.25, -0.2) is 0 Å². The van der Waals surface area contributed by atoms with Crippen LogP contribution in [0, 0.1) is 0 Å². The van der Waals surface area contributed by atoms with Gasteiger partial charge in [0.15, 0.2) is 0 Å². The zero-order valence-electron chi connectivity index (χ0n) is 12.9. The lowest BCUT2D eigenvalue weighted by Crippen LogP contribution is -2.39. The van der Waals surface area contributed by atoms with E-state index in [1.165, 1.54) is 35.5 Å². The molecule has 112 valence electrons. The van der Waals surface area contributed by atoms with Gasteiger partial charge in [-0.3, -0.25) is 4.90 Å². The molecule has 0 saturated carbocycles. The van der Waals surface area contributed by atoms with Crippen LogP contribution < -0.4 is 10.6 Å². The number of thioether (sulfide) groups is 1. The minimum absolute atomic E-state index is 0.610. The Balaban J connectivity index is 2.14. The molecule has 1 aliphatic heterocycles. The molecule has 3 nitrogen and oxygen atoms in total. The number of anilines is 1. The van der Waals surface area contributed by atoms with E-state index in [1.54, 1.807) is 11.8 Å². The van der Waals surface area contributed by atoms with Crippen LogP contribution in [0.3, 0.4) is 0 Å². The van der Waals surface area contributed by atoms with Gasteiger partial charge < -0.3 is 10.6 Å². The first kappa shape index (κ1) is 15.7. The van der Waals surface area contributed by atoms with Crippen molar-refractivity contribution in [2.75, 3.05) is 37.8 Å². The van der Waals surface area contributed by atoms with Gasteiger partial charge in [0.1, 0.15) is 0 Å². The second-order valence-electron chi connectivity index (χ2n) is 5.47. The third-order valence-electron chi connectivity index (χ3n) is 4.33. The Bertz CT molecular complexity index is 436. The Morgan fingerprint density at radius 3 is 2.90 bits per heavy atom. The fourth-order valence-electron chi connectivity index (χ4n) is 3.24. The number of likely N-dealkylation sites (N-methyl/N-ethyl adjacent to an activating group) is 2. The molecule has 0 bridgehead atoms. The first-order valence-electron chi connectivity index (χ1n) is 7.52.